The standard InChI is InChI=1S/C20H16ClF2NO4/c1-3-12(20(27)28)15-9(2)24(19(26)10-5-4-6-11(21)7-10)14-8-13(22)18(25)17(23)16(14)15/h4-8,12,25H,3H2,1-2H3,(H,27,28)/t12-/m0/s1. The van der Waals surface area contributed by atoms with Crippen molar-refractivity contribution in [2.24, 2.45) is 0 Å². The number of carboxylic acid groups (broad SMARTS) is 1. The Balaban J connectivity index is 2.42. The number of aromatic nitrogens is 1. The van der Waals surface area contributed by atoms with Crippen LogP contribution >= 0.6 is 11.6 Å². The predicted molar refractivity (Wildman–Crippen MR) is 100 cm³/mol. The number of carbonyl (C=O) groups excluding carboxylic acids is 1. The molecule has 8 heteroatoms. The molecule has 3 rings (SSSR count). The Labute approximate surface area is 163 Å². The van der Waals surface area contributed by atoms with E-state index in [9.17, 15) is 28.6 Å². The number of phenols is 1. The molecule has 0 spiro atoms. The zero-order valence-corrected chi connectivity index (χ0v) is 15.7. The van der Waals surface area contributed by atoms with E-state index in [1.807, 2.05) is 0 Å². The fourth-order valence-corrected chi connectivity index (χ4v) is 3.64. The Bertz CT molecular complexity index is 1120. The van der Waals surface area contributed by atoms with Crippen LogP contribution in [-0.2, 0) is 4.79 Å². The van der Waals surface area contributed by atoms with Crippen molar-refractivity contribution in [2.45, 2.75) is 26.2 Å². The Morgan fingerprint density at radius 2 is 1.93 bits per heavy atom. The lowest BCUT2D eigenvalue weighted by Gasteiger charge is -2.12. The van der Waals surface area contributed by atoms with Crippen LogP contribution in [0, 0.1) is 18.6 Å². The number of aliphatic carboxylic acids is 1. The molecule has 1 heterocycles. The third-order valence-corrected chi connectivity index (χ3v) is 4.97. The fourth-order valence-electron chi connectivity index (χ4n) is 3.45. The van der Waals surface area contributed by atoms with Gasteiger partial charge in [0.05, 0.1) is 11.4 Å². The number of hydrogen-bond acceptors (Lipinski definition) is 3. The highest BCUT2D eigenvalue weighted by atomic mass is 35.5. The quantitative estimate of drug-likeness (QED) is 0.647. The van der Waals surface area contributed by atoms with E-state index in [0.29, 0.717) is 5.02 Å². The monoisotopic (exact) mass is 407 g/mol. The molecular weight excluding hydrogens is 392 g/mol. The van der Waals surface area contributed by atoms with Crippen LogP contribution in [0.15, 0.2) is 30.3 Å². The topological polar surface area (TPSA) is 79.5 Å². The van der Waals surface area contributed by atoms with E-state index in [1.165, 1.54) is 19.1 Å². The van der Waals surface area contributed by atoms with Gasteiger partial charge in [0, 0.05) is 27.7 Å². The van der Waals surface area contributed by atoms with Crippen molar-refractivity contribution in [3.8, 4) is 5.75 Å². The van der Waals surface area contributed by atoms with Crippen molar-refractivity contribution in [3.63, 3.8) is 0 Å². The summed E-state index contributed by atoms with van der Waals surface area (Å²) in [7, 11) is 0. The SMILES string of the molecule is CC[C@H](C(=O)O)c1c(C)n(C(=O)c2cccc(Cl)c2)c2cc(F)c(O)c(F)c12. The Morgan fingerprint density at radius 3 is 2.50 bits per heavy atom. The van der Waals surface area contributed by atoms with Crippen molar-refractivity contribution < 1.29 is 28.6 Å². The zero-order chi connectivity index (χ0) is 20.7. The van der Waals surface area contributed by atoms with Gasteiger partial charge >= 0.3 is 5.97 Å². The van der Waals surface area contributed by atoms with E-state index >= 15 is 0 Å². The van der Waals surface area contributed by atoms with Gasteiger partial charge < -0.3 is 10.2 Å². The zero-order valence-electron chi connectivity index (χ0n) is 15.0. The van der Waals surface area contributed by atoms with Crippen molar-refractivity contribution in [3.05, 3.63) is 63.8 Å². The maximum Gasteiger partial charge on any atom is 0.311 e. The smallest absolute Gasteiger partial charge is 0.311 e. The number of carboxylic acids is 1. The lowest BCUT2D eigenvalue weighted by molar-refractivity contribution is -0.138. The van der Waals surface area contributed by atoms with E-state index in [1.54, 1.807) is 19.1 Å². The van der Waals surface area contributed by atoms with E-state index < -0.39 is 35.2 Å². The summed E-state index contributed by atoms with van der Waals surface area (Å²) in [5.41, 5.74) is 0.174. The Hall–Kier alpha value is -2.93. The normalized spacial score (nSPS) is 12.3. The Morgan fingerprint density at radius 1 is 1.25 bits per heavy atom. The number of halogens is 3. The third kappa shape index (κ3) is 3.01. The van der Waals surface area contributed by atoms with Crippen LogP contribution in [-0.4, -0.2) is 26.7 Å². The van der Waals surface area contributed by atoms with Crippen molar-refractivity contribution in [1.29, 1.82) is 0 Å². The van der Waals surface area contributed by atoms with E-state index in [4.69, 9.17) is 11.6 Å². The maximum atomic E-state index is 14.8. The van der Waals surface area contributed by atoms with E-state index in [-0.39, 0.29) is 34.1 Å². The molecule has 5 nitrogen and oxygen atoms in total. The minimum atomic E-state index is -1.30. The summed E-state index contributed by atoms with van der Waals surface area (Å²) in [6.07, 6.45) is 0.109. The summed E-state index contributed by atoms with van der Waals surface area (Å²) < 4.78 is 29.9. The first kappa shape index (κ1) is 19.8. The largest absolute Gasteiger partial charge is 0.503 e. The van der Waals surface area contributed by atoms with E-state index in [2.05, 4.69) is 0 Å². The molecule has 3 aromatic rings. The molecule has 0 aliphatic carbocycles. The number of nitrogens with zero attached hydrogens (tertiary/aromatic N) is 1. The molecule has 0 saturated carbocycles. The Kier molecular flexibility index (Phi) is 5.12. The van der Waals surface area contributed by atoms with Gasteiger partial charge in [0.25, 0.3) is 5.91 Å². The van der Waals surface area contributed by atoms with Crippen LogP contribution in [0.2, 0.25) is 5.02 Å². The van der Waals surface area contributed by atoms with Crippen LogP contribution in [0.3, 0.4) is 0 Å². The van der Waals surface area contributed by atoms with Crippen LogP contribution in [0.1, 0.15) is 40.9 Å². The summed E-state index contributed by atoms with van der Waals surface area (Å²) in [6, 6.07) is 6.83. The second-order valence-electron chi connectivity index (χ2n) is 6.36. The average molecular weight is 408 g/mol. The number of hydrogen-bond donors (Lipinski definition) is 2. The van der Waals surface area contributed by atoms with Gasteiger partial charge in [-0.1, -0.05) is 24.6 Å². The van der Waals surface area contributed by atoms with E-state index in [0.717, 1.165) is 10.6 Å². The summed E-state index contributed by atoms with van der Waals surface area (Å²) in [5, 5.41) is 19.3. The van der Waals surface area contributed by atoms with Crippen LogP contribution in [0.4, 0.5) is 8.78 Å². The molecule has 146 valence electrons. The molecule has 1 aromatic heterocycles. The summed E-state index contributed by atoms with van der Waals surface area (Å²) in [6.45, 7) is 3.05. The van der Waals surface area contributed by atoms with Gasteiger partial charge in [0.2, 0.25) is 0 Å². The van der Waals surface area contributed by atoms with Gasteiger partial charge in [-0.15, -0.1) is 0 Å². The predicted octanol–water partition coefficient (Wildman–Crippen LogP) is 4.85. The fraction of sp³-hybridized carbons (Fsp3) is 0.200. The molecule has 2 aromatic carbocycles. The molecule has 2 N–H and O–H groups in total. The number of carbonyl (C=O) groups is 2. The maximum absolute atomic E-state index is 14.8. The highest BCUT2D eigenvalue weighted by molar-refractivity contribution is 6.31. The van der Waals surface area contributed by atoms with Crippen LogP contribution < -0.4 is 0 Å². The molecule has 0 saturated heterocycles. The minimum absolute atomic E-state index is 0.0215. The number of benzene rings is 2. The van der Waals surface area contributed by atoms with Gasteiger partial charge in [-0.25, -0.2) is 8.78 Å². The first-order valence-corrected chi connectivity index (χ1v) is 8.81. The number of aromatic hydroxyl groups is 1. The number of rotatable bonds is 4. The molecular formula is C20H16ClF2NO4. The second-order valence-corrected chi connectivity index (χ2v) is 6.80. The third-order valence-electron chi connectivity index (χ3n) is 4.74. The summed E-state index contributed by atoms with van der Waals surface area (Å²) >= 11 is 5.93. The molecule has 1 atom stereocenters. The van der Waals surface area contributed by atoms with Gasteiger partial charge in [0.15, 0.2) is 17.4 Å². The highest BCUT2D eigenvalue weighted by Crippen LogP contribution is 2.39. The lowest BCUT2D eigenvalue weighted by atomic mass is 9.93. The molecule has 0 unspecified atom stereocenters. The summed E-state index contributed by atoms with van der Waals surface area (Å²) in [4.78, 5) is 24.8. The van der Waals surface area contributed by atoms with Crippen LogP contribution in [0.25, 0.3) is 10.9 Å². The highest BCUT2D eigenvalue weighted by Gasteiger charge is 2.31. The average Bonchev–Trinajstić information content (AvgIpc) is 2.92. The van der Waals surface area contributed by atoms with Crippen molar-refractivity contribution in [1.82, 2.24) is 4.57 Å². The second kappa shape index (κ2) is 7.24. The van der Waals surface area contributed by atoms with Crippen molar-refractivity contribution >= 4 is 34.4 Å². The number of fused-ring (bicyclic) bond motifs is 1. The van der Waals surface area contributed by atoms with Crippen LogP contribution in [0.5, 0.6) is 5.75 Å². The molecule has 0 aliphatic rings. The van der Waals surface area contributed by atoms with Gasteiger partial charge in [-0.2, -0.15) is 0 Å². The molecule has 0 radical (unpaired) electrons. The lowest BCUT2D eigenvalue weighted by Crippen LogP contribution is -2.16. The van der Waals surface area contributed by atoms with Gasteiger partial charge in [0.1, 0.15) is 0 Å². The van der Waals surface area contributed by atoms with Crippen molar-refractivity contribution in [2.75, 3.05) is 0 Å². The first-order valence-electron chi connectivity index (χ1n) is 8.43. The molecule has 0 amide bonds. The molecule has 0 bridgehead atoms. The van der Waals surface area contributed by atoms with Gasteiger partial charge in [-0.05, 0) is 37.1 Å². The molecule has 0 fully saturated rings. The number of phenolic OH excluding ortho intramolecular Hbond substituents is 1. The summed E-state index contributed by atoms with van der Waals surface area (Å²) in [5.74, 6) is -6.76. The van der Waals surface area contributed by atoms with Gasteiger partial charge in [-0.3, -0.25) is 14.2 Å². The molecule has 28 heavy (non-hydrogen) atoms. The first-order chi connectivity index (χ1) is 13.2. The minimum Gasteiger partial charge on any atom is -0.503 e. The molecule has 0 aliphatic heterocycles.